The topological polar surface area (TPSA) is 47.6 Å². The van der Waals surface area contributed by atoms with Crippen LogP contribution in [-0.2, 0) is 14.3 Å². The molecule has 2 atom stereocenters. The van der Waals surface area contributed by atoms with Crippen LogP contribution in [0.25, 0.3) is 0 Å². The predicted octanol–water partition coefficient (Wildman–Crippen LogP) is 1.49. The van der Waals surface area contributed by atoms with Crippen molar-refractivity contribution in [3.63, 3.8) is 0 Å². The first-order valence-electron chi connectivity index (χ1n) is 5.93. The van der Waals surface area contributed by atoms with Crippen molar-refractivity contribution in [2.75, 3.05) is 13.2 Å². The van der Waals surface area contributed by atoms with Gasteiger partial charge in [-0.05, 0) is 40.5 Å². The highest BCUT2D eigenvalue weighted by Gasteiger charge is 2.21. The fourth-order valence-electron chi connectivity index (χ4n) is 1.79. The number of hydrogen-bond acceptors (Lipinski definition) is 4. The molecule has 94 valence electrons. The van der Waals surface area contributed by atoms with Crippen LogP contribution in [0.15, 0.2) is 0 Å². The van der Waals surface area contributed by atoms with Crippen molar-refractivity contribution in [2.24, 2.45) is 0 Å². The van der Waals surface area contributed by atoms with Gasteiger partial charge in [0.05, 0.1) is 12.6 Å². The molecular weight excluding hydrogens is 206 g/mol. The predicted molar refractivity (Wildman–Crippen MR) is 62.3 cm³/mol. The van der Waals surface area contributed by atoms with Crippen molar-refractivity contribution < 1.29 is 14.3 Å². The van der Waals surface area contributed by atoms with E-state index in [0.29, 0.717) is 6.04 Å². The minimum Gasteiger partial charge on any atom is -0.459 e. The lowest BCUT2D eigenvalue weighted by Gasteiger charge is -2.28. The third-order valence-corrected chi connectivity index (χ3v) is 2.44. The van der Waals surface area contributed by atoms with Crippen LogP contribution in [0.2, 0.25) is 0 Å². The molecular formula is C12H23NO3. The zero-order valence-electron chi connectivity index (χ0n) is 10.7. The number of carbonyl (C=O) groups excluding carboxylic acids is 1. The van der Waals surface area contributed by atoms with E-state index in [1.165, 1.54) is 0 Å². The average Bonchev–Trinajstić information content (AvgIpc) is 2.12. The van der Waals surface area contributed by atoms with Crippen molar-refractivity contribution in [2.45, 2.75) is 58.3 Å². The van der Waals surface area contributed by atoms with E-state index in [0.717, 1.165) is 19.4 Å². The van der Waals surface area contributed by atoms with Gasteiger partial charge in [0.1, 0.15) is 5.60 Å². The monoisotopic (exact) mass is 229 g/mol. The van der Waals surface area contributed by atoms with E-state index in [1.807, 2.05) is 20.8 Å². The molecule has 1 aliphatic rings. The molecule has 0 radical (unpaired) electrons. The van der Waals surface area contributed by atoms with Crippen LogP contribution >= 0.6 is 0 Å². The lowest BCUT2D eigenvalue weighted by Crippen LogP contribution is -2.41. The van der Waals surface area contributed by atoms with Gasteiger partial charge in [-0.15, -0.1) is 0 Å². The van der Waals surface area contributed by atoms with E-state index in [2.05, 4.69) is 12.2 Å². The van der Waals surface area contributed by atoms with E-state index in [4.69, 9.17) is 9.47 Å². The Hall–Kier alpha value is -0.610. The van der Waals surface area contributed by atoms with Gasteiger partial charge in [0.2, 0.25) is 0 Å². The molecule has 0 aliphatic carbocycles. The first-order valence-corrected chi connectivity index (χ1v) is 5.93. The quantitative estimate of drug-likeness (QED) is 0.745. The molecule has 1 aliphatic heterocycles. The Balaban J connectivity index is 2.21. The van der Waals surface area contributed by atoms with Gasteiger partial charge in [-0.1, -0.05) is 0 Å². The van der Waals surface area contributed by atoms with Crippen LogP contribution in [0, 0.1) is 0 Å². The molecule has 1 heterocycles. The zero-order valence-corrected chi connectivity index (χ0v) is 10.7. The molecule has 1 saturated heterocycles. The molecule has 0 saturated carbocycles. The van der Waals surface area contributed by atoms with Crippen molar-refractivity contribution in [3.05, 3.63) is 0 Å². The molecule has 1 N–H and O–H groups in total. The van der Waals surface area contributed by atoms with E-state index in [1.54, 1.807) is 0 Å². The third kappa shape index (κ3) is 5.47. The number of hydrogen-bond donors (Lipinski definition) is 1. The molecule has 0 aromatic rings. The maximum Gasteiger partial charge on any atom is 0.320 e. The molecule has 1 fully saturated rings. The van der Waals surface area contributed by atoms with Crippen molar-refractivity contribution >= 4 is 5.97 Å². The van der Waals surface area contributed by atoms with Crippen LogP contribution < -0.4 is 5.32 Å². The second-order valence-electron chi connectivity index (χ2n) is 5.37. The summed E-state index contributed by atoms with van der Waals surface area (Å²) in [5, 5.41) is 3.22. The zero-order chi connectivity index (χ0) is 12.2. The van der Waals surface area contributed by atoms with E-state index < -0.39 is 5.60 Å². The molecule has 4 heteroatoms. The van der Waals surface area contributed by atoms with Gasteiger partial charge in [0.15, 0.2) is 0 Å². The van der Waals surface area contributed by atoms with Crippen LogP contribution in [-0.4, -0.2) is 36.9 Å². The van der Waals surface area contributed by atoms with Crippen molar-refractivity contribution in [1.82, 2.24) is 5.32 Å². The van der Waals surface area contributed by atoms with Crippen LogP contribution in [0.1, 0.15) is 40.5 Å². The molecule has 0 bridgehead atoms. The van der Waals surface area contributed by atoms with Crippen molar-refractivity contribution in [1.29, 1.82) is 0 Å². The molecule has 16 heavy (non-hydrogen) atoms. The standard InChI is InChI=1S/C12H23NO3/c1-9-7-10(5-6-15-9)13-8-11(14)16-12(2,3)4/h9-10,13H,5-8H2,1-4H3/t9-,10?/m1/s1. The second kappa shape index (κ2) is 5.64. The molecule has 0 aromatic heterocycles. The Labute approximate surface area is 97.7 Å². The molecule has 1 rings (SSSR count). The van der Waals surface area contributed by atoms with Gasteiger partial charge in [-0.25, -0.2) is 0 Å². The number of nitrogens with one attached hydrogen (secondary N) is 1. The summed E-state index contributed by atoms with van der Waals surface area (Å²) in [5.41, 5.74) is -0.401. The van der Waals surface area contributed by atoms with Gasteiger partial charge >= 0.3 is 5.97 Å². The molecule has 0 aromatic carbocycles. The Kier molecular flexibility index (Phi) is 4.74. The summed E-state index contributed by atoms with van der Waals surface area (Å²) in [6.07, 6.45) is 2.21. The highest BCUT2D eigenvalue weighted by Crippen LogP contribution is 2.13. The minimum absolute atomic E-state index is 0.188. The van der Waals surface area contributed by atoms with Crippen LogP contribution in [0.5, 0.6) is 0 Å². The fourth-order valence-corrected chi connectivity index (χ4v) is 1.79. The van der Waals surface area contributed by atoms with E-state index in [9.17, 15) is 4.79 Å². The summed E-state index contributed by atoms with van der Waals surface area (Å²) < 4.78 is 10.7. The maximum atomic E-state index is 11.5. The summed E-state index contributed by atoms with van der Waals surface area (Å²) in [4.78, 5) is 11.5. The van der Waals surface area contributed by atoms with Crippen LogP contribution in [0.4, 0.5) is 0 Å². The third-order valence-electron chi connectivity index (χ3n) is 2.44. The molecule has 4 nitrogen and oxygen atoms in total. The van der Waals surface area contributed by atoms with Gasteiger partial charge in [-0.3, -0.25) is 4.79 Å². The summed E-state index contributed by atoms with van der Waals surface area (Å²) in [5.74, 6) is -0.188. The minimum atomic E-state index is -0.401. The van der Waals surface area contributed by atoms with Gasteiger partial charge in [-0.2, -0.15) is 0 Å². The van der Waals surface area contributed by atoms with Gasteiger partial charge in [0.25, 0.3) is 0 Å². The fraction of sp³-hybridized carbons (Fsp3) is 0.917. The smallest absolute Gasteiger partial charge is 0.320 e. The Bertz CT molecular complexity index is 235. The number of ether oxygens (including phenoxy) is 2. The number of esters is 1. The largest absolute Gasteiger partial charge is 0.459 e. The summed E-state index contributed by atoms with van der Waals surface area (Å²) >= 11 is 0. The molecule has 0 spiro atoms. The Morgan fingerprint density at radius 2 is 2.19 bits per heavy atom. The number of carbonyl (C=O) groups is 1. The lowest BCUT2D eigenvalue weighted by atomic mass is 10.0. The highest BCUT2D eigenvalue weighted by molar-refractivity contribution is 5.72. The maximum absolute atomic E-state index is 11.5. The lowest BCUT2D eigenvalue weighted by molar-refractivity contribution is -0.154. The SMILES string of the molecule is C[C@@H]1CC(NCC(=O)OC(C)(C)C)CCO1. The summed E-state index contributed by atoms with van der Waals surface area (Å²) in [6.45, 7) is 8.74. The molecule has 1 unspecified atom stereocenters. The van der Waals surface area contributed by atoms with E-state index in [-0.39, 0.29) is 18.6 Å². The normalized spacial score (nSPS) is 26.5. The summed E-state index contributed by atoms with van der Waals surface area (Å²) in [6, 6.07) is 0.372. The molecule has 0 amide bonds. The first-order chi connectivity index (χ1) is 7.37. The Morgan fingerprint density at radius 3 is 2.75 bits per heavy atom. The van der Waals surface area contributed by atoms with Gasteiger partial charge < -0.3 is 14.8 Å². The van der Waals surface area contributed by atoms with Gasteiger partial charge in [0, 0.05) is 12.6 Å². The number of rotatable bonds is 3. The second-order valence-corrected chi connectivity index (χ2v) is 5.37. The summed E-state index contributed by atoms with van der Waals surface area (Å²) in [7, 11) is 0. The average molecular weight is 229 g/mol. The Morgan fingerprint density at radius 1 is 1.50 bits per heavy atom. The highest BCUT2D eigenvalue weighted by atomic mass is 16.6. The first kappa shape index (κ1) is 13.5. The van der Waals surface area contributed by atoms with Crippen molar-refractivity contribution in [3.8, 4) is 0 Å². The van der Waals surface area contributed by atoms with Crippen LogP contribution in [0.3, 0.4) is 0 Å². The van der Waals surface area contributed by atoms with E-state index >= 15 is 0 Å².